The average molecular weight is 314 g/mol. The third-order valence-corrected chi connectivity index (χ3v) is 6.01. The van der Waals surface area contributed by atoms with Crippen LogP contribution < -0.4 is 5.32 Å². The summed E-state index contributed by atoms with van der Waals surface area (Å²) in [5.74, 6) is 0. The van der Waals surface area contributed by atoms with E-state index >= 15 is 0 Å². The molecule has 0 aliphatic heterocycles. The van der Waals surface area contributed by atoms with Crippen molar-refractivity contribution in [3.8, 4) is 0 Å². The highest BCUT2D eigenvalue weighted by atomic mass is 32.2. The number of hydrogen-bond donors (Lipinski definition) is 1. The van der Waals surface area contributed by atoms with Crippen LogP contribution in [0.4, 0.5) is 0 Å². The van der Waals surface area contributed by atoms with Crippen LogP contribution >= 0.6 is 11.3 Å². The highest BCUT2D eigenvalue weighted by molar-refractivity contribution is 7.91. The van der Waals surface area contributed by atoms with E-state index in [1.165, 1.54) is 15.6 Å². The summed E-state index contributed by atoms with van der Waals surface area (Å²) in [7, 11) is -3.45. The number of nitrogens with one attached hydrogen (secondary N) is 1. The van der Waals surface area contributed by atoms with Crippen LogP contribution in [-0.4, -0.2) is 32.4 Å². The van der Waals surface area contributed by atoms with Gasteiger partial charge in [0, 0.05) is 24.5 Å². The number of nitrogens with zero attached hydrogens (tertiary/aromatic N) is 1. The molecule has 0 radical (unpaired) electrons. The van der Waals surface area contributed by atoms with Crippen molar-refractivity contribution in [3.63, 3.8) is 0 Å². The Morgan fingerprint density at radius 3 is 2.50 bits per heavy atom. The van der Waals surface area contributed by atoms with Crippen LogP contribution in [0.1, 0.15) is 18.2 Å². The molecule has 1 rings (SSSR count). The molecule has 20 heavy (non-hydrogen) atoms. The van der Waals surface area contributed by atoms with Crippen molar-refractivity contribution >= 4 is 21.4 Å². The number of sulfonamides is 1. The molecule has 4 nitrogen and oxygen atoms in total. The van der Waals surface area contributed by atoms with E-state index in [0.29, 0.717) is 10.8 Å². The van der Waals surface area contributed by atoms with Gasteiger partial charge in [-0.25, -0.2) is 8.42 Å². The molecule has 0 saturated carbocycles. The van der Waals surface area contributed by atoms with E-state index in [1.54, 1.807) is 18.2 Å². The molecule has 0 saturated heterocycles. The SMILES string of the molecule is C=CCN(CC=C)S(=O)(=O)c1ccc(CNCCC)s1. The van der Waals surface area contributed by atoms with Gasteiger partial charge in [0.15, 0.2) is 0 Å². The predicted octanol–water partition coefficient (Wildman–Crippen LogP) is 2.61. The van der Waals surface area contributed by atoms with Crippen LogP contribution in [0.15, 0.2) is 41.7 Å². The van der Waals surface area contributed by atoms with Crippen LogP contribution in [-0.2, 0) is 16.6 Å². The van der Waals surface area contributed by atoms with Gasteiger partial charge in [0.1, 0.15) is 4.21 Å². The van der Waals surface area contributed by atoms with Crippen LogP contribution in [0.25, 0.3) is 0 Å². The second-order valence-electron chi connectivity index (χ2n) is 4.30. The number of thiophene rings is 1. The fourth-order valence-electron chi connectivity index (χ4n) is 1.67. The molecule has 0 aliphatic carbocycles. The van der Waals surface area contributed by atoms with Crippen molar-refractivity contribution in [2.24, 2.45) is 0 Å². The van der Waals surface area contributed by atoms with Gasteiger partial charge < -0.3 is 5.32 Å². The minimum absolute atomic E-state index is 0.287. The largest absolute Gasteiger partial charge is 0.312 e. The Morgan fingerprint density at radius 1 is 1.30 bits per heavy atom. The van der Waals surface area contributed by atoms with Gasteiger partial charge in [0.25, 0.3) is 10.0 Å². The summed E-state index contributed by atoms with van der Waals surface area (Å²) in [6.07, 6.45) is 4.22. The molecule has 0 aliphatic rings. The van der Waals surface area contributed by atoms with Crippen molar-refractivity contribution in [2.45, 2.75) is 24.1 Å². The fraction of sp³-hybridized carbons (Fsp3) is 0.429. The monoisotopic (exact) mass is 314 g/mol. The lowest BCUT2D eigenvalue weighted by Crippen LogP contribution is -2.30. The molecule has 0 spiro atoms. The minimum atomic E-state index is -3.45. The van der Waals surface area contributed by atoms with Gasteiger partial charge in [-0.15, -0.1) is 24.5 Å². The Hall–Kier alpha value is -0.950. The molecule has 0 atom stereocenters. The summed E-state index contributed by atoms with van der Waals surface area (Å²) in [5.41, 5.74) is 0. The molecule has 0 bridgehead atoms. The smallest absolute Gasteiger partial charge is 0.253 e. The van der Waals surface area contributed by atoms with E-state index in [4.69, 9.17) is 0 Å². The zero-order valence-electron chi connectivity index (χ0n) is 11.8. The zero-order valence-corrected chi connectivity index (χ0v) is 13.5. The van der Waals surface area contributed by atoms with E-state index in [0.717, 1.165) is 17.8 Å². The average Bonchev–Trinajstić information content (AvgIpc) is 2.88. The molecule has 112 valence electrons. The maximum atomic E-state index is 12.5. The Morgan fingerprint density at radius 2 is 1.95 bits per heavy atom. The minimum Gasteiger partial charge on any atom is -0.312 e. The van der Waals surface area contributed by atoms with Crippen molar-refractivity contribution in [1.82, 2.24) is 9.62 Å². The van der Waals surface area contributed by atoms with E-state index in [2.05, 4.69) is 25.4 Å². The summed E-state index contributed by atoms with van der Waals surface area (Å²) >= 11 is 1.31. The van der Waals surface area contributed by atoms with Gasteiger partial charge in [-0.2, -0.15) is 4.31 Å². The molecule has 1 heterocycles. The molecule has 0 fully saturated rings. The van der Waals surface area contributed by atoms with Crippen LogP contribution in [0.2, 0.25) is 0 Å². The first-order valence-corrected chi connectivity index (χ1v) is 8.83. The predicted molar refractivity (Wildman–Crippen MR) is 85.5 cm³/mol. The Bertz CT molecular complexity index is 525. The second kappa shape index (κ2) is 8.36. The van der Waals surface area contributed by atoms with Crippen LogP contribution in [0.3, 0.4) is 0 Å². The van der Waals surface area contributed by atoms with E-state index < -0.39 is 10.0 Å². The highest BCUT2D eigenvalue weighted by Crippen LogP contribution is 2.25. The molecule has 0 amide bonds. The molecular weight excluding hydrogens is 292 g/mol. The van der Waals surface area contributed by atoms with Gasteiger partial charge >= 0.3 is 0 Å². The molecule has 0 unspecified atom stereocenters. The van der Waals surface area contributed by atoms with E-state index in [-0.39, 0.29) is 13.1 Å². The van der Waals surface area contributed by atoms with Gasteiger partial charge in [0.2, 0.25) is 0 Å². The Balaban J connectivity index is 2.85. The fourth-order valence-corrected chi connectivity index (χ4v) is 4.53. The first-order chi connectivity index (χ1) is 9.56. The topological polar surface area (TPSA) is 49.4 Å². The Labute approximate surface area is 125 Å². The standard InChI is InChI=1S/C14H22N2O2S2/c1-4-9-15-12-13-7-8-14(19-13)20(17,18)16(10-5-2)11-6-3/h5-8,15H,2-4,9-12H2,1H3. The van der Waals surface area contributed by atoms with Gasteiger partial charge in [-0.1, -0.05) is 19.1 Å². The van der Waals surface area contributed by atoms with Crippen molar-refractivity contribution < 1.29 is 8.42 Å². The third kappa shape index (κ3) is 4.56. The van der Waals surface area contributed by atoms with Crippen molar-refractivity contribution in [1.29, 1.82) is 0 Å². The molecular formula is C14H22N2O2S2. The molecule has 6 heteroatoms. The maximum absolute atomic E-state index is 12.5. The van der Waals surface area contributed by atoms with Crippen molar-refractivity contribution in [2.75, 3.05) is 19.6 Å². The Kier molecular flexibility index (Phi) is 7.15. The van der Waals surface area contributed by atoms with Gasteiger partial charge in [-0.3, -0.25) is 0 Å². The lowest BCUT2D eigenvalue weighted by atomic mass is 10.4. The molecule has 1 aromatic rings. The van der Waals surface area contributed by atoms with E-state index in [1.807, 2.05) is 6.07 Å². The third-order valence-electron chi connectivity index (χ3n) is 2.62. The molecule has 1 aromatic heterocycles. The van der Waals surface area contributed by atoms with E-state index in [9.17, 15) is 8.42 Å². The first kappa shape index (κ1) is 17.1. The lowest BCUT2D eigenvalue weighted by Gasteiger charge is -2.17. The van der Waals surface area contributed by atoms with Crippen molar-refractivity contribution in [3.05, 3.63) is 42.3 Å². The molecule has 0 aromatic carbocycles. The second-order valence-corrected chi connectivity index (χ2v) is 7.63. The summed E-state index contributed by atoms with van der Waals surface area (Å²) in [4.78, 5) is 1.02. The molecule has 1 N–H and O–H groups in total. The number of hydrogen-bond acceptors (Lipinski definition) is 4. The zero-order chi connectivity index (χ0) is 15.0. The summed E-state index contributed by atoms with van der Waals surface area (Å²) in [5, 5.41) is 3.27. The maximum Gasteiger partial charge on any atom is 0.253 e. The summed E-state index contributed by atoms with van der Waals surface area (Å²) in [6.45, 7) is 11.5. The quantitative estimate of drug-likeness (QED) is 0.533. The van der Waals surface area contributed by atoms with Crippen LogP contribution in [0.5, 0.6) is 0 Å². The summed E-state index contributed by atoms with van der Waals surface area (Å²) < 4.78 is 26.7. The van der Waals surface area contributed by atoms with Crippen LogP contribution in [0, 0.1) is 0 Å². The number of rotatable bonds is 10. The lowest BCUT2D eigenvalue weighted by molar-refractivity contribution is 0.476. The normalized spacial score (nSPS) is 11.7. The first-order valence-electron chi connectivity index (χ1n) is 6.57. The summed E-state index contributed by atoms with van der Waals surface area (Å²) in [6, 6.07) is 3.53. The van der Waals surface area contributed by atoms with Gasteiger partial charge in [-0.05, 0) is 25.1 Å². The highest BCUT2D eigenvalue weighted by Gasteiger charge is 2.24. The van der Waals surface area contributed by atoms with Gasteiger partial charge in [0.05, 0.1) is 0 Å².